The van der Waals surface area contributed by atoms with E-state index < -0.39 is 17.7 Å². The molecule has 1 aromatic carbocycles. The second-order valence-corrected chi connectivity index (χ2v) is 3.82. The maximum Gasteiger partial charge on any atom is 0.128 e. The molecule has 0 radical (unpaired) electrons. The second-order valence-electron chi connectivity index (χ2n) is 3.82. The summed E-state index contributed by atoms with van der Waals surface area (Å²) in [6.07, 6.45) is 3.25. The zero-order chi connectivity index (χ0) is 12.4. The van der Waals surface area contributed by atoms with Crippen LogP contribution in [0, 0.1) is 11.6 Å². The Labute approximate surface area is 98.1 Å². The van der Waals surface area contributed by atoms with Crippen LogP contribution in [0.5, 0.6) is 0 Å². The highest BCUT2D eigenvalue weighted by molar-refractivity contribution is 5.29. The van der Waals surface area contributed by atoms with Gasteiger partial charge in [0.1, 0.15) is 11.6 Å². The fourth-order valence-electron chi connectivity index (χ4n) is 1.84. The number of benzene rings is 1. The van der Waals surface area contributed by atoms with Gasteiger partial charge in [-0.15, -0.1) is 0 Å². The fraction of sp³-hybridized carbons (Fsp3) is 0.250. The molecule has 2 rings (SSSR count). The third-order valence-corrected chi connectivity index (χ3v) is 2.71. The number of hydrogen-bond acceptors (Lipinski definition) is 2. The van der Waals surface area contributed by atoms with Crippen LogP contribution in [0.15, 0.2) is 30.7 Å². The minimum atomic E-state index is -0.455. The van der Waals surface area contributed by atoms with Gasteiger partial charge >= 0.3 is 0 Å². The Morgan fingerprint density at radius 1 is 1.35 bits per heavy atom. The van der Waals surface area contributed by atoms with Gasteiger partial charge < -0.3 is 9.88 Å². The van der Waals surface area contributed by atoms with Crippen molar-refractivity contribution in [3.05, 3.63) is 53.6 Å². The highest BCUT2D eigenvalue weighted by Gasteiger charge is 2.19. The number of aryl methyl sites for hydroxylation is 1. The topological polar surface area (TPSA) is 29.9 Å². The van der Waals surface area contributed by atoms with Crippen LogP contribution in [0.2, 0.25) is 0 Å². The summed E-state index contributed by atoms with van der Waals surface area (Å²) in [6, 6.07) is 3.02. The third-order valence-electron chi connectivity index (χ3n) is 2.71. The molecule has 0 spiro atoms. The maximum atomic E-state index is 13.7. The lowest BCUT2D eigenvalue weighted by Crippen LogP contribution is -2.21. The summed E-state index contributed by atoms with van der Waals surface area (Å²) >= 11 is 0. The molecule has 0 aliphatic carbocycles. The van der Waals surface area contributed by atoms with Crippen LogP contribution in [0.4, 0.5) is 8.78 Å². The molecule has 1 aromatic heterocycles. The first kappa shape index (κ1) is 11.7. The Morgan fingerprint density at radius 3 is 2.71 bits per heavy atom. The van der Waals surface area contributed by atoms with Gasteiger partial charge in [-0.1, -0.05) is 0 Å². The maximum absolute atomic E-state index is 13.7. The SMILES string of the molecule is CNC(c1cc(F)ccc1F)c1cncn1C. The molecule has 2 aromatic rings. The van der Waals surface area contributed by atoms with Crippen molar-refractivity contribution >= 4 is 0 Å². The highest BCUT2D eigenvalue weighted by Crippen LogP contribution is 2.24. The molecule has 0 aliphatic rings. The quantitative estimate of drug-likeness (QED) is 0.885. The van der Waals surface area contributed by atoms with E-state index in [9.17, 15) is 8.78 Å². The summed E-state index contributed by atoms with van der Waals surface area (Å²) in [4.78, 5) is 3.97. The Balaban J connectivity index is 2.49. The molecule has 0 bridgehead atoms. The Morgan fingerprint density at radius 2 is 2.12 bits per heavy atom. The summed E-state index contributed by atoms with van der Waals surface area (Å²) in [5, 5.41) is 2.96. The van der Waals surface area contributed by atoms with E-state index in [2.05, 4.69) is 10.3 Å². The predicted octanol–water partition coefficient (Wildman–Crippen LogP) is 2.01. The van der Waals surface area contributed by atoms with Crippen LogP contribution < -0.4 is 5.32 Å². The van der Waals surface area contributed by atoms with Gasteiger partial charge in [-0.05, 0) is 25.2 Å². The van der Waals surface area contributed by atoms with Crippen molar-refractivity contribution < 1.29 is 8.78 Å². The van der Waals surface area contributed by atoms with E-state index in [0.29, 0.717) is 0 Å². The highest BCUT2D eigenvalue weighted by atomic mass is 19.1. The van der Waals surface area contributed by atoms with Crippen molar-refractivity contribution in [3.63, 3.8) is 0 Å². The zero-order valence-electron chi connectivity index (χ0n) is 9.61. The molecule has 90 valence electrons. The van der Waals surface area contributed by atoms with Crippen molar-refractivity contribution in [2.45, 2.75) is 6.04 Å². The molecule has 0 fully saturated rings. The molecule has 17 heavy (non-hydrogen) atoms. The summed E-state index contributed by atoms with van der Waals surface area (Å²) < 4.78 is 28.6. The smallest absolute Gasteiger partial charge is 0.128 e. The lowest BCUT2D eigenvalue weighted by atomic mass is 10.0. The lowest BCUT2D eigenvalue weighted by molar-refractivity contribution is 0.547. The number of halogens is 2. The van der Waals surface area contributed by atoms with Gasteiger partial charge in [-0.2, -0.15) is 0 Å². The van der Waals surface area contributed by atoms with Crippen LogP contribution in [0.3, 0.4) is 0 Å². The molecule has 1 atom stereocenters. The summed E-state index contributed by atoms with van der Waals surface area (Å²) in [7, 11) is 3.51. The van der Waals surface area contributed by atoms with Crippen LogP contribution >= 0.6 is 0 Å². The van der Waals surface area contributed by atoms with Gasteiger partial charge in [0.25, 0.3) is 0 Å². The van der Waals surface area contributed by atoms with Crippen molar-refractivity contribution in [1.82, 2.24) is 14.9 Å². The van der Waals surface area contributed by atoms with Gasteiger partial charge in [0.2, 0.25) is 0 Å². The largest absolute Gasteiger partial charge is 0.336 e. The minimum Gasteiger partial charge on any atom is -0.336 e. The predicted molar refractivity (Wildman–Crippen MR) is 60.5 cm³/mol. The van der Waals surface area contributed by atoms with E-state index in [4.69, 9.17) is 0 Å². The summed E-state index contributed by atoms with van der Waals surface area (Å²) in [6.45, 7) is 0. The third kappa shape index (κ3) is 2.19. The van der Waals surface area contributed by atoms with Crippen molar-refractivity contribution in [3.8, 4) is 0 Å². The standard InChI is InChI=1S/C12H13F2N3/c1-15-12(11-6-16-7-17(11)2)9-5-8(13)3-4-10(9)14/h3-7,12,15H,1-2H3. The van der Waals surface area contributed by atoms with Crippen LogP contribution in [0.25, 0.3) is 0 Å². The molecule has 0 aliphatic heterocycles. The number of nitrogens with zero attached hydrogens (tertiary/aromatic N) is 2. The zero-order valence-corrected chi connectivity index (χ0v) is 9.61. The number of hydrogen-bond donors (Lipinski definition) is 1. The number of aromatic nitrogens is 2. The first-order chi connectivity index (χ1) is 8.13. The van der Waals surface area contributed by atoms with E-state index in [1.54, 1.807) is 24.1 Å². The Hall–Kier alpha value is -1.75. The number of imidazole rings is 1. The van der Waals surface area contributed by atoms with Crippen molar-refractivity contribution in [1.29, 1.82) is 0 Å². The average Bonchev–Trinajstić information content (AvgIpc) is 2.71. The van der Waals surface area contributed by atoms with Crippen LogP contribution in [-0.2, 0) is 7.05 Å². The minimum absolute atomic E-state index is 0.274. The fourth-order valence-corrected chi connectivity index (χ4v) is 1.84. The first-order valence-corrected chi connectivity index (χ1v) is 5.22. The molecule has 3 nitrogen and oxygen atoms in total. The van der Waals surface area contributed by atoms with Crippen molar-refractivity contribution in [2.75, 3.05) is 7.05 Å². The lowest BCUT2D eigenvalue weighted by Gasteiger charge is -2.17. The number of nitrogens with one attached hydrogen (secondary N) is 1. The molecule has 0 amide bonds. The Kier molecular flexibility index (Phi) is 3.19. The van der Waals surface area contributed by atoms with E-state index in [1.807, 2.05) is 7.05 Å². The summed E-state index contributed by atoms with van der Waals surface area (Å²) in [5.41, 5.74) is 1.05. The van der Waals surface area contributed by atoms with E-state index >= 15 is 0 Å². The number of rotatable bonds is 3. The van der Waals surface area contributed by atoms with Crippen LogP contribution in [-0.4, -0.2) is 16.6 Å². The normalized spacial score (nSPS) is 12.7. The molecule has 0 saturated heterocycles. The van der Waals surface area contributed by atoms with E-state index in [-0.39, 0.29) is 5.56 Å². The van der Waals surface area contributed by atoms with Gasteiger partial charge in [-0.25, -0.2) is 13.8 Å². The van der Waals surface area contributed by atoms with Gasteiger partial charge in [0.05, 0.1) is 24.3 Å². The summed E-state index contributed by atoms with van der Waals surface area (Å²) in [5.74, 6) is -0.893. The molecule has 5 heteroatoms. The molecular weight excluding hydrogens is 224 g/mol. The van der Waals surface area contributed by atoms with Crippen molar-refractivity contribution in [2.24, 2.45) is 7.05 Å². The van der Waals surface area contributed by atoms with Gasteiger partial charge in [0, 0.05) is 12.6 Å². The van der Waals surface area contributed by atoms with Crippen LogP contribution in [0.1, 0.15) is 17.3 Å². The Bertz CT molecular complexity index is 522. The van der Waals surface area contributed by atoms with E-state index in [0.717, 1.165) is 17.8 Å². The molecule has 0 saturated carbocycles. The first-order valence-electron chi connectivity index (χ1n) is 5.22. The van der Waals surface area contributed by atoms with Gasteiger partial charge in [0.15, 0.2) is 0 Å². The monoisotopic (exact) mass is 237 g/mol. The van der Waals surface area contributed by atoms with Gasteiger partial charge in [-0.3, -0.25) is 0 Å². The average molecular weight is 237 g/mol. The molecule has 1 heterocycles. The molecular formula is C12H13F2N3. The molecule has 1 N–H and O–H groups in total. The van der Waals surface area contributed by atoms with E-state index in [1.165, 1.54) is 6.07 Å². The second kappa shape index (κ2) is 4.63. The molecule has 1 unspecified atom stereocenters.